The molecule has 10 heteroatoms. The van der Waals surface area contributed by atoms with Crippen LogP contribution in [-0.4, -0.2) is 42.3 Å². The number of carbonyl (C=O) groups is 1. The van der Waals surface area contributed by atoms with Gasteiger partial charge < -0.3 is 9.47 Å². The van der Waals surface area contributed by atoms with Crippen molar-refractivity contribution in [2.75, 3.05) is 13.1 Å². The zero-order valence-electron chi connectivity index (χ0n) is 22.2. The highest BCUT2D eigenvalue weighted by atomic mass is 19.4. The fourth-order valence-electron chi connectivity index (χ4n) is 5.88. The summed E-state index contributed by atoms with van der Waals surface area (Å²) in [6.07, 6.45) is -8.20. The minimum absolute atomic E-state index is 0.0489. The van der Waals surface area contributed by atoms with Gasteiger partial charge in [0.2, 0.25) is 0 Å². The van der Waals surface area contributed by atoms with Crippen LogP contribution in [0, 0.1) is 11.8 Å². The highest BCUT2D eigenvalue weighted by Crippen LogP contribution is 2.45. The molecule has 0 amide bonds. The normalized spacial score (nSPS) is 23.3. The number of hydrogen-bond donors (Lipinski definition) is 0. The van der Waals surface area contributed by atoms with Gasteiger partial charge in [-0.1, -0.05) is 24.3 Å². The first kappa shape index (κ1) is 29.5. The van der Waals surface area contributed by atoms with E-state index in [9.17, 15) is 31.1 Å². The van der Waals surface area contributed by atoms with Gasteiger partial charge in [0.25, 0.3) is 0 Å². The van der Waals surface area contributed by atoms with Gasteiger partial charge in [0.15, 0.2) is 0 Å². The zero-order chi connectivity index (χ0) is 28.4. The van der Waals surface area contributed by atoms with Crippen molar-refractivity contribution in [3.8, 4) is 5.75 Å². The molecule has 2 fully saturated rings. The van der Waals surface area contributed by atoms with Gasteiger partial charge in [-0.05, 0) is 81.9 Å². The van der Waals surface area contributed by atoms with Gasteiger partial charge in [-0.15, -0.1) is 0 Å². The van der Waals surface area contributed by atoms with Crippen LogP contribution in [0.5, 0.6) is 5.75 Å². The smallest absolute Gasteiger partial charge is 0.420 e. The predicted molar refractivity (Wildman–Crippen MR) is 135 cm³/mol. The third-order valence-electron chi connectivity index (χ3n) is 7.63. The average Bonchev–Trinajstić information content (AvgIpc) is 2.83. The number of alkyl halides is 6. The van der Waals surface area contributed by atoms with Gasteiger partial charge in [-0.3, -0.25) is 9.69 Å². The molecule has 1 aliphatic heterocycles. The molecule has 1 saturated heterocycles. The fourth-order valence-corrected chi connectivity index (χ4v) is 5.88. The summed E-state index contributed by atoms with van der Waals surface area (Å²) in [6, 6.07) is 7.87. The second-order valence-corrected chi connectivity index (χ2v) is 11.1. The Morgan fingerprint density at radius 3 is 2.36 bits per heavy atom. The molecule has 4 rings (SSSR count). The van der Waals surface area contributed by atoms with Gasteiger partial charge >= 0.3 is 18.3 Å². The molecular formula is C29H35F6NO3. The molecule has 1 aliphatic carbocycles. The van der Waals surface area contributed by atoms with Crippen molar-refractivity contribution in [3.63, 3.8) is 0 Å². The molecule has 216 valence electrons. The third kappa shape index (κ3) is 7.58. The lowest BCUT2D eigenvalue weighted by Gasteiger charge is -2.33. The maximum absolute atomic E-state index is 14.5. The van der Waals surface area contributed by atoms with Crippen LogP contribution in [0.3, 0.4) is 0 Å². The second kappa shape index (κ2) is 11.9. The number of likely N-dealkylation sites (tertiary alicyclic amines) is 1. The number of piperidine rings is 1. The molecule has 0 radical (unpaired) electrons. The SMILES string of the molecule is CC(C)OC(=O)CC1CCCN(Cc2cccc3ccc(OC4CCC(C(F)(F)F)CC4)c(C(F)(F)F)c23)C1. The largest absolute Gasteiger partial charge is 0.490 e. The summed E-state index contributed by atoms with van der Waals surface area (Å²) in [5.41, 5.74) is -0.390. The molecular weight excluding hydrogens is 524 g/mol. The Kier molecular flexibility index (Phi) is 9.03. The van der Waals surface area contributed by atoms with E-state index in [0.29, 0.717) is 24.0 Å². The molecule has 2 aliphatic rings. The van der Waals surface area contributed by atoms with Crippen molar-refractivity contribution < 1.29 is 40.6 Å². The predicted octanol–water partition coefficient (Wildman–Crippen LogP) is 7.91. The molecule has 2 aromatic rings. The summed E-state index contributed by atoms with van der Waals surface area (Å²) in [7, 11) is 0. The molecule has 1 atom stereocenters. The van der Waals surface area contributed by atoms with E-state index in [-0.39, 0.29) is 67.8 Å². The number of benzene rings is 2. The molecule has 1 saturated carbocycles. The maximum Gasteiger partial charge on any atom is 0.420 e. The monoisotopic (exact) mass is 559 g/mol. The van der Waals surface area contributed by atoms with E-state index < -0.39 is 29.9 Å². The topological polar surface area (TPSA) is 38.8 Å². The maximum atomic E-state index is 14.5. The van der Waals surface area contributed by atoms with Crippen molar-refractivity contribution in [3.05, 3.63) is 41.5 Å². The van der Waals surface area contributed by atoms with Crippen molar-refractivity contribution in [1.82, 2.24) is 4.90 Å². The molecule has 39 heavy (non-hydrogen) atoms. The number of hydrogen-bond acceptors (Lipinski definition) is 4. The molecule has 0 N–H and O–H groups in total. The number of fused-ring (bicyclic) bond motifs is 1. The van der Waals surface area contributed by atoms with Crippen molar-refractivity contribution >= 4 is 16.7 Å². The second-order valence-electron chi connectivity index (χ2n) is 11.1. The summed E-state index contributed by atoms with van der Waals surface area (Å²) >= 11 is 0. The number of ether oxygens (including phenoxy) is 2. The van der Waals surface area contributed by atoms with Gasteiger partial charge in [-0.2, -0.15) is 26.3 Å². The summed E-state index contributed by atoms with van der Waals surface area (Å²) in [6.45, 7) is 5.12. The molecule has 1 unspecified atom stereocenters. The van der Waals surface area contributed by atoms with Crippen LogP contribution < -0.4 is 4.74 Å². The Morgan fingerprint density at radius 1 is 1.00 bits per heavy atom. The number of nitrogens with zero attached hydrogens (tertiary/aromatic N) is 1. The minimum Gasteiger partial charge on any atom is -0.490 e. The summed E-state index contributed by atoms with van der Waals surface area (Å²) < 4.78 is 93.7. The number of carbonyl (C=O) groups excluding carboxylic acids is 1. The van der Waals surface area contributed by atoms with Gasteiger partial charge in [-0.25, -0.2) is 0 Å². The summed E-state index contributed by atoms with van der Waals surface area (Å²) in [5.74, 6) is -1.99. The van der Waals surface area contributed by atoms with E-state index >= 15 is 0 Å². The highest BCUT2D eigenvalue weighted by molar-refractivity contribution is 5.91. The van der Waals surface area contributed by atoms with Crippen molar-refractivity contribution in [2.45, 2.75) is 89.9 Å². The van der Waals surface area contributed by atoms with Crippen LogP contribution in [0.2, 0.25) is 0 Å². The van der Waals surface area contributed by atoms with E-state index in [1.54, 1.807) is 38.1 Å². The van der Waals surface area contributed by atoms with Crippen LogP contribution in [0.4, 0.5) is 26.3 Å². The average molecular weight is 560 g/mol. The molecule has 0 bridgehead atoms. The number of esters is 1. The van der Waals surface area contributed by atoms with E-state index in [4.69, 9.17) is 9.47 Å². The summed E-state index contributed by atoms with van der Waals surface area (Å²) in [5, 5.41) is 0.467. The Balaban J connectivity index is 1.56. The Morgan fingerprint density at radius 2 is 1.72 bits per heavy atom. The first-order valence-electron chi connectivity index (χ1n) is 13.6. The van der Waals surface area contributed by atoms with E-state index in [0.717, 1.165) is 12.8 Å². The number of rotatable bonds is 7. The number of halogens is 6. The summed E-state index contributed by atoms with van der Waals surface area (Å²) in [4.78, 5) is 14.2. The Labute approximate surface area is 224 Å². The Bertz CT molecular complexity index is 1140. The van der Waals surface area contributed by atoms with E-state index in [1.807, 2.05) is 0 Å². The first-order chi connectivity index (χ1) is 18.3. The highest BCUT2D eigenvalue weighted by Gasteiger charge is 2.43. The van der Waals surface area contributed by atoms with Gasteiger partial charge in [0, 0.05) is 24.9 Å². The molecule has 2 aromatic carbocycles. The fraction of sp³-hybridized carbons (Fsp3) is 0.621. The quantitative estimate of drug-likeness (QED) is 0.255. The third-order valence-corrected chi connectivity index (χ3v) is 7.63. The van der Waals surface area contributed by atoms with Crippen molar-refractivity contribution in [2.24, 2.45) is 11.8 Å². The molecule has 0 spiro atoms. The lowest BCUT2D eigenvalue weighted by Crippen LogP contribution is -2.36. The minimum atomic E-state index is -4.72. The lowest BCUT2D eigenvalue weighted by molar-refractivity contribution is -0.185. The standard InChI is InChI=1S/C29H35F6NO3/c1-18(2)38-25(37)15-19-5-4-14-36(16-19)17-21-7-3-6-20-8-13-24(27(26(20)21)29(33,34)35)39-23-11-9-22(10-12-23)28(30,31)32/h3,6-8,13,18-19,22-23H,4-5,9-12,14-17H2,1-2H3. The van der Waals surface area contributed by atoms with E-state index in [2.05, 4.69) is 4.90 Å². The van der Waals surface area contributed by atoms with Crippen LogP contribution in [-0.2, 0) is 22.3 Å². The van der Waals surface area contributed by atoms with Crippen molar-refractivity contribution in [1.29, 1.82) is 0 Å². The van der Waals surface area contributed by atoms with Crippen LogP contribution >= 0.6 is 0 Å². The molecule has 0 aromatic heterocycles. The zero-order valence-corrected chi connectivity index (χ0v) is 22.2. The van der Waals surface area contributed by atoms with Crippen LogP contribution in [0.15, 0.2) is 30.3 Å². The van der Waals surface area contributed by atoms with E-state index in [1.165, 1.54) is 6.07 Å². The molecule has 1 heterocycles. The molecule has 4 nitrogen and oxygen atoms in total. The van der Waals surface area contributed by atoms with Crippen LogP contribution in [0.25, 0.3) is 10.8 Å². The first-order valence-corrected chi connectivity index (χ1v) is 13.6. The van der Waals surface area contributed by atoms with Crippen LogP contribution in [0.1, 0.15) is 69.9 Å². The lowest BCUT2D eigenvalue weighted by atomic mass is 9.87. The Hall–Kier alpha value is -2.49. The van der Waals surface area contributed by atoms with Gasteiger partial charge in [0.05, 0.1) is 18.1 Å². The van der Waals surface area contributed by atoms with Gasteiger partial charge in [0.1, 0.15) is 11.3 Å².